The number of nitrogens with one attached hydrogen (secondary N) is 1. The van der Waals surface area contributed by atoms with Crippen molar-refractivity contribution in [2.45, 2.75) is 18.9 Å². The highest BCUT2D eigenvalue weighted by Crippen LogP contribution is 2.39. The maximum Gasteiger partial charge on any atom is 0.0890 e. The van der Waals surface area contributed by atoms with Gasteiger partial charge in [-0.2, -0.15) is 5.10 Å². The number of nitrogens with zero attached hydrogens (tertiary/aromatic N) is 3. The SMILES string of the molecule is c1ccc(-c2ccc3c(c2)CCC2C3=NNC2c2ccc3nccnc3c2)cc1. The summed E-state index contributed by atoms with van der Waals surface area (Å²) >= 11 is 0. The summed E-state index contributed by atoms with van der Waals surface area (Å²) in [6.45, 7) is 0. The van der Waals surface area contributed by atoms with Gasteiger partial charge in [0.15, 0.2) is 0 Å². The number of rotatable bonds is 2. The van der Waals surface area contributed by atoms with E-state index < -0.39 is 0 Å². The van der Waals surface area contributed by atoms with Gasteiger partial charge in [0.25, 0.3) is 0 Å². The minimum atomic E-state index is 0.193. The fourth-order valence-corrected chi connectivity index (χ4v) is 4.69. The molecule has 2 atom stereocenters. The minimum absolute atomic E-state index is 0.193. The van der Waals surface area contributed by atoms with Crippen LogP contribution in [0, 0.1) is 5.92 Å². The Hall–Kier alpha value is -3.53. The van der Waals surface area contributed by atoms with E-state index in [1.807, 2.05) is 0 Å². The Morgan fingerprint density at radius 2 is 1.66 bits per heavy atom. The van der Waals surface area contributed by atoms with E-state index in [9.17, 15) is 0 Å². The van der Waals surface area contributed by atoms with E-state index in [2.05, 4.69) is 82.1 Å². The lowest BCUT2D eigenvalue weighted by molar-refractivity contribution is 0.467. The zero-order chi connectivity index (χ0) is 19.2. The van der Waals surface area contributed by atoms with Crippen molar-refractivity contribution in [2.24, 2.45) is 11.0 Å². The van der Waals surface area contributed by atoms with E-state index in [1.54, 1.807) is 12.4 Å². The van der Waals surface area contributed by atoms with Crippen LogP contribution in [0.15, 0.2) is 84.2 Å². The number of aryl methyl sites for hydroxylation is 1. The summed E-state index contributed by atoms with van der Waals surface area (Å²) in [6, 6.07) is 23.9. The zero-order valence-electron chi connectivity index (χ0n) is 15.9. The molecule has 2 unspecified atom stereocenters. The molecule has 29 heavy (non-hydrogen) atoms. The molecule has 4 heteroatoms. The van der Waals surface area contributed by atoms with Gasteiger partial charge in [0.2, 0.25) is 0 Å². The molecule has 0 spiro atoms. The molecule has 0 fully saturated rings. The average molecular weight is 376 g/mol. The largest absolute Gasteiger partial charge is 0.302 e. The van der Waals surface area contributed by atoms with Gasteiger partial charge in [-0.05, 0) is 47.2 Å². The monoisotopic (exact) mass is 376 g/mol. The second-order valence-corrected chi connectivity index (χ2v) is 7.79. The number of hydrogen-bond acceptors (Lipinski definition) is 4. The molecule has 1 aromatic heterocycles. The van der Waals surface area contributed by atoms with Crippen molar-refractivity contribution in [3.63, 3.8) is 0 Å². The normalized spacial score (nSPS) is 19.9. The summed E-state index contributed by atoms with van der Waals surface area (Å²) in [5.41, 5.74) is 12.9. The summed E-state index contributed by atoms with van der Waals surface area (Å²) < 4.78 is 0. The second-order valence-electron chi connectivity index (χ2n) is 7.79. The van der Waals surface area contributed by atoms with Gasteiger partial charge in [-0.15, -0.1) is 0 Å². The molecule has 140 valence electrons. The minimum Gasteiger partial charge on any atom is -0.302 e. The number of aromatic nitrogens is 2. The maximum atomic E-state index is 4.77. The molecule has 4 aromatic rings. The summed E-state index contributed by atoms with van der Waals surface area (Å²) in [4.78, 5) is 8.85. The average Bonchev–Trinajstić information content (AvgIpc) is 3.23. The van der Waals surface area contributed by atoms with Gasteiger partial charge in [-0.3, -0.25) is 9.97 Å². The van der Waals surface area contributed by atoms with Crippen LogP contribution in [-0.4, -0.2) is 15.7 Å². The van der Waals surface area contributed by atoms with Crippen LogP contribution in [0.3, 0.4) is 0 Å². The Morgan fingerprint density at radius 1 is 0.793 bits per heavy atom. The molecule has 1 N–H and O–H groups in total. The van der Waals surface area contributed by atoms with Gasteiger partial charge in [-0.25, -0.2) is 0 Å². The number of hydrazone groups is 1. The van der Waals surface area contributed by atoms with E-state index in [0.29, 0.717) is 5.92 Å². The van der Waals surface area contributed by atoms with Crippen LogP contribution in [0.5, 0.6) is 0 Å². The molecular formula is C25H20N4. The van der Waals surface area contributed by atoms with Crippen LogP contribution < -0.4 is 5.43 Å². The Bertz CT molecular complexity index is 1250. The van der Waals surface area contributed by atoms with E-state index in [-0.39, 0.29) is 6.04 Å². The smallest absolute Gasteiger partial charge is 0.0890 e. The van der Waals surface area contributed by atoms with Gasteiger partial charge in [0, 0.05) is 23.9 Å². The van der Waals surface area contributed by atoms with E-state index in [4.69, 9.17) is 5.10 Å². The Kier molecular flexibility index (Phi) is 3.69. The lowest BCUT2D eigenvalue weighted by Crippen LogP contribution is -2.26. The molecular weight excluding hydrogens is 356 g/mol. The predicted molar refractivity (Wildman–Crippen MR) is 116 cm³/mol. The van der Waals surface area contributed by atoms with E-state index >= 15 is 0 Å². The summed E-state index contributed by atoms with van der Waals surface area (Å²) in [7, 11) is 0. The first kappa shape index (κ1) is 16.4. The molecule has 4 nitrogen and oxygen atoms in total. The molecule has 0 bridgehead atoms. The number of benzene rings is 3. The molecule has 6 rings (SSSR count). The van der Waals surface area contributed by atoms with Gasteiger partial charge in [0.05, 0.1) is 22.8 Å². The van der Waals surface area contributed by atoms with Crippen LogP contribution in [0.2, 0.25) is 0 Å². The van der Waals surface area contributed by atoms with E-state index in [1.165, 1.54) is 33.5 Å². The third kappa shape index (κ3) is 2.71. The molecule has 3 aromatic carbocycles. The molecule has 2 aliphatic rings. The van der Waals surface area contributed by atoms with Gasteiger partial charge < -0.3 is 5.43 Å². The number of fused-ring (bicyclic) bond motifs is 4. The van der Waals surface area contributed by atoms with Crippen molar-refractivity contribution in [1.82, 2.24) is 15.4 Å². The third-order valence-corrected chi connectivity index (χ3v) is 6.14. The predicted octanol–water partition coefficient (Wildman–Crippen LogP) is 4.91. The highest BCUT2D eigenvalue weighted by atomic mass is 15.3. The van der Waals surface area contributed by atoms with Gasteiger partial charge >= 0.3 is 0 Å². The van der Waals surface area contributed by atoms with Crippen molar-refractivity contribution in [3.8, 4) is 11.1 Å². The molecule has 0 saturated heterocycles. The lowest BCUT2D eigenvalue weighted by atomic mass is 9.77. The topological polar surface area (TPSA) is 50.2 Å². The van der Waals surface area contributed by atoms with Crippen molar-refractivity contribution >= 4 is 16.7 Å². The molecule has 0 saturated carbocycles. The standard InChI is InChI=1S/C25H20N4/c1-2-4-16(5-3-1)17-6-9-20-18(14-17)7-10-21-24(28-29-25(20)21)19-8-11-22-23(15-19)27-13-12-26-22/h1-6,8-9,11-15,21,24,28H,7,10H2. The van der Waals surface area contributed by atoms with Crippen LogP contribution in [0.25, 0.3) is 22.2 Å². The third-order valence-electron chi connectivity index (χ3n) is 6.14. The summed E-state index contributed by atoms with van der Waals surface area (Å²) in [6.07, 6.45) is 5.65. The molecule has 0 amide bonds. The fourth-order valence-electron chi connectivity index (χ4n) is 4.69. The Morgan fingerprint density at radius 3 is 2.55 bits per heavy atom. The first-order valence-corrected chi connectivity index (χ1v) is 10.1. The maximum absolute atomic E-state index is 4.77. The highest BCUT2D eigenvalue weighted by Gasteiger charge is 2.37. The van der Waals surface area contributed by atoms with Crippen molar-refractivity contribution in [3.05, 3.63) is 95.8 Å². The van der Waals surface area contributed by atoms with Crippen LogP contribution >= 0.6 is 0 Å². The highest BCUT2D eigenvalue weighted by molar-refractivity contribution is 6.06. The lowest BCUT2D eigenvalue weighted by Gasteiger charge is -2.27. The van der Waals surface area contributed by atoms with E-state index in [0.717, 1.165) is 23.9 Å². The first-order chi connectivity index (χ1) is 14.4. The van der Waals surface area contributed by atoms with Gasteiger partial charge in [-0.1, -0.05) is 54.6 Å². The Labute approximate surface area is 169 Å². The van der Waals surface area contributed by atoms with Crippen molar-refractivity contribution in [1.29, 1.82) is 0 Å². The molecule has 1 aliphatic carbocycles. The first-order valence-electron chi connectivity index (χ1n) is 10.1. The van der Waals surface area contributed by atoms with Gasteiger partial charge in [0.1, 0.15) is 0 Å². The summed E-state index contributed by atoms with van der Waals surface area (Å²) in [5.74, 6) is 0.388. The molecule has 0 radical (unpaired) electrons. The van der Waals surface area contributed by atoms with Crippen LogP contribution in [0.4, 0.5) is 0 Å². The number of hydrogen-bond donors (Lipinski definition) is 1. The van der Waals surface area contributed by atoms with Crippen molar-refractivity contribution < 1.29 is 0 Å². The summed E-state index contributed by atoms with van der Waals surface area (Å²) in [5, 5.41) is 4.77. The molecule has 2 heterocycles. The van der Waals surface area contributed by atoms with Crippen molar-refractivity contribution in [2.75, 3.05) is 0 Å². The quantitative estimate of drug-likeness (QED) is 0.541. The van der Waals surface area contributed by atoms with Crippen LogP contribution in [0.1, 0.15) is 29.2 Å². The Balaban J connectivity index is 1.33. The second kappa shape index (κ2) is 6.52. The molecule has 1 aliphatic heterocycles. The fraction of sp³-hybridized carbons (Fsp3) is 0.160. The van der Waals surface area contributed by atoms with Crippen LogP contribution in [-0.2, 0) is 6.42 Å². The zero-order valence-corrected chi connectivity index (χ0v) is 15.9.